The minimum atomic E-state index is 0.198. The molecule has 1 aliphatic heterocycles. The molecule has 2 atom stereocenters. The molecule has 0 N–H and O–H groups in total. The third-order valence-corrected chi connectivity index (χ3v) is 2.91. The summed E-state index contributed by atoms with van der Waals surface area (Å²) in [5.74, 6) is 1.82. The lowest BCUT2D eigenvalue weighted by Crippen LogP contribution is -2.30. The van der Waals surface area contributed by atoms with Crippen molar-refractivity contribution < 1.29 is 4.79 Å². The van der Waals surface area contributed by atoms with Gasteiger partial charge >= 0.3 is 0 Å². The fraction of sp³-hybridized carbons (Fsp3) is 0.909. The van der Waals surface area contributed by atoms with E-state index in [1.165, 1.54) is 6.42 Å². The zero-order valence-corrected chi connectivity index (χ0v) is 9.21. The van der Waals surface area contributed by atoms with Gasteiger partial charge in [0.15, 0.2) is 0 Å². The zero-order chi connectivity index (χ0) is 10.0. The summed E-state index contributed by atoms with van der Waals surface area (Å²) in [6, 6.07) is 0.198. The highest BCUT2D eigenvalue weighted by Gasteiger charge is 2.32. The third-order valence-electron chi connectivity index (χ3n) is 2.91. The Morgan fingerprint density at radius 2 is 2.15 bits per heavy atom. The lowest BCUT2D eigenvalue weighted by molar-refractivity contribution is -0.120. The van der Waals surface area contributed by atoms with Gasteiger partial charge in [-0.2, -0.15) is 0 Å². The molecule has 0 amide bonds. The Labute approximate surface area is 81.3 Å². The van der Waals surface area contributed by atoms with Gasteiger partial charge in [0.1, 0.15) is 5.78 Å². The predicted octanol–water partition coefficient (Wildman–Crippen LogP) is 1.94. The second-order valence-electron chi connectivity index (χ2n) is 4.80. The molecule has 2 unspecified atom stereocenters. The van der Waals surface area contributed by atoms with E-state index in [-0.39, 0.29) is 6.04 Å². The van der Waals surface area contributed by atoms with E-state index in [0.717, 1.165) is 24.8 Å². The topological polar surface area (TPSA) is 20.3 Å². The van der Waals surface area contributed by atoms with Crippen molar-refractivity contribution in [3.8, 4) is 0 Å². The van der Waals surface area contributed by atoms with E-state index in [0.29, 0.717) is 5.78 Å². The average molecular weight is 183 g/mol. The summed E-state index contributed by atoms with van der Waals surface area (Å²) in [5.41, 5.74) is 0. The number of likely N-dealkylation sites (N-methyl/N-ethyl adjacent to an activating group) is 1. The summed E-state index contributed by atoms with van der Waals surface area (Å²) in [6.07, 6.45) is 2.33. The second kappa shape index (κ2) is 4.23. The maximum atomic E-state index is 11.2. The number of rotatable bonds is 3. The number of nitrogens with zero attached hydrogens (tertiary/aromatic N) is 1. The number of carbonyl (C=O) groups is 1. The van der Waals surface area contributed by atoms with E-state index < -0.39 is 0 Å². The summed E-state index contributed by atoms with van der Waals surface area (Å²) in [4.78, 5) is 13.4. The molecule has 0 bridgehead atoms. The first-order chi connectivity index (χ1) is 6.00. The molecule has 0 radical (unpaired) electrons. The number of ketones is 1. The molecule has 0 spiro atoms. The predicted molar refractivity (Wildman–Crippen MR) is 54.7 cm³/mol. The summed E-state index contributed by atoms with van der Waals surface area (Å²) in [6.45, 7) is 7.31. The number of hydrogen-bond donors (Lipinski definition) is 0. The third kappa shape index (κ3) is 2.80. The summed E-state index contributed by atoms with van der Waals surface area (Å²) < 4.78 is 0. The number of Topliss-reactive ketones (excluding diaryl/α,β-unsaturated/α-hetero) is 1. The molecule has 1 fully saturated rings. The lowest BCUT2D eigenvalue weighted by Gasteiger charge is -2.15. The highest BCUT2D eigenvalue weighted by molar-refractivity contribution is 5.81. The highest BCUT2D eigenvalue weighted by atomic mass is 16.1. The molecule has 1 saturated heterocycles. The van der Waals surface area contributed by atoms with E-state index in [2.05, 4.69) is 25.8 Å². The standard InChI is InChI=1S/C11H21NO/c1-8(2)5-10-6-11(9(3)13)12(4)7-10/h8,10-11H,5-7H2,1-4H3. The fourth-order valence-electron chi connectivity index (χ4n) is 2.42. The quantitative estimate of drug-likeness (QED) is 0.666. The molecule has 1 rings (SSSR count). The van der Waals surface area contributed by atoms with Crippen LogP contribution in [-0.2, 0) is 4.79 Å². The molecular weight excluding hydrogens is 162 g/mol. The normalized spacial score (nSPS) is 29.9. The van der Waals surface area contributed by atoms with Crippen LogP contribution in [0.3, 0.4) is 0 Å². The molecule has 1 aliphatic rings. The van der Waals surface area contributed by atoms with Crippen molar-refractivity contribution in [2.75, 3.05) is 13.6 Å². The van der Waals surface area contributed by atoms with E-state index in [9.17, 15) is 4.79 Å². The average Bonchev–Trinajstić information content (AvgIpc) is 2.29. The molecular formula is C11H21NO. The smallest absolute Gasteiger partial charge is 0.146 e. The Morgan fingerprint density at radius 1 is 1.54 bits per heavy atom. The molecule has 2 nitrogen and oxygen atoms in total. The molecule has 0 saturated carbocycles. The summed E-state index contributed by atoms with van der Waals surface area (Å²) in [5, 5.41) is 0. The minimum absolute atomic E-state index is 0.198. The van der Waals surface area contributed by atoms with Crippen LogP contribution in [0.5, 0.6) is 0 Å². The van der Waals surface area contributed by atoms with Crippen LogP contribution in [0.15, 0.2) is 0 Å². The number of carbonyl (C=O) groups excluding carboxylic acids is 1. The van der Waals surface area contributed by atoms with Gasteiger partial charge in [-0.15, -0.1) is 0 Å². The van der Waals surface area contributed by atoms with E-state index in [1.54, 1.807) is 6.92 Å². The molecule has 2 heteroatoms. The molecule has 1 heterocycles. The fourth-order valence-corrected chi connectivity index (χ4v) is 2.42. The first-order valence-electron chi connectivity index (χ1n) is 5.21. The Morgan fingerprint density at radius 3 is 2.54 bits per heavy atom. The monoisotopic (exact) mass is 183 g/mol. The van der Waals surface area contributed by atoms with Crippen molar-refractivity contribution in [1.82, 2.24) is 4.90 Å². The van der Waals surface area contributed by atoms with Crippen molar-refractivity contribution in [2.24, 2.45) is 11.8 Å². The number of hydrogen-bond acceptors (Lipinski definition) is 2. The minimum Gasteiger partial charge on any atom is -0.298 e. The Bertz CT molecular complexity index is 189. The summed E-state index contributed by atoms with van der Waals surface area (Å²) in [7, 11) is 2.06. The van der Waals surface area contributed by atoms with Crippen LogP contribution in [0.2, 0.25) is 0 Å². The first kappa shape index (κ1) is 10.7. The summed E-state index contributed by atoms with van der Waals surface area (Å²) >= 11 is 0. The van der Waals surface area contributed by atoms with Crippen LogP contribution < -0.4 is 0 Å². The maximum Gasteiger partial charge on any atom is 0.146 e. The second-order valence-corrected chi connectivity index (χ2v) is 4.80. The molecule has 76 valence electrons. The van der Waals surface area contributed by atoms with Gasteiger partial charge in [0.05, 0.1) is 6.04 Å². The molecule has 0 aromatic carbocycles. The van der Waals surface area contributed by atoms with Crippen molar-refractivity contribution in [2.45, 2.75) is 39.7 Å². The van der Waals surface area contributed by atoms with Gasteiger partial charge in [-0.25, -0.2) is 0 Å². The SMILES string of the molecule is CC(=O)C1CC(CC(C)C)CN1C. The Kier molecular flexibility index (Phi) is 3.48. The lowest BCUT2D eigenvalue weighted by atomic mass is 9.94. The van der Waals surface area contributed by atoms with Gasteiger partial charge in [0.2, 0.25) is 0 Å². The van der Waals surface area contributed by atoms with Gasteiger partial charge in [0.25, 0.3) is 0 Å². The first-order valence-corrected chi connectivity index (χ1v) is 5.21. The van der Waals surface area contributed by atoms with Crippen molar-refractivity contribution in [3.63, 3.8) is 0 Å². The van der Waals surface area contributed by atoms with E-state index in [4.69, 9.17) is 0 Å². The van der Waals surface area contributed by atoms with Gasteiger partial charge in [-0.05, 0) is 38.6 Å². The molecule has 13 heavy (non-hydrogen) atoms. The molecule has 0 aromatic heterocycles. The zero-order valence-electron chi connectivity index (χ0n) is 9.21. The maximum absolute atomic E-state index is 11.2. The van der Waals surface area contributed by atoms with Gasteiger partial charge in [0, 0.05) is 6.54 Å². The molecule has 0 aliphatic carbocycles. The van der Waals surface area contributed by atoms with Crippen molar-refractivity contribution >= 4 is 5.78 Å². The van der Waals surface area contributed by atoms with Crippen LogP contribution in [0.25, 0.3) is 0 Å². The number of likely N-dealkylation sites (tertiary alicyclic amines) is 1. The largest absolute Gasteiger partial charge is 0.298 e. The van der Waals surface area contributed by atoms with Gasteiger partial charge < -0.3 is 0 Å². The van der Waals surface area contributed by atoms with Crippen LogP contribution >= 0.6 is 0 Å². The van der Waals surface area contributed by atoms with Gasteiger partial charge in [-0.1, -0.05) is 13.8 Å². The van der Waals surface area contributed by atoms with E-state index in [1.807, 2.05) is 0 Å². The highest BCUT2D eigenvalue weighted by Crippen LogP contribution is 2.27. The van der Waals surface area contributed by atoms with Crippen LogP contribution in [0, 0.1) is 11.8 Å². The van der Waals surface area contributed by atoms with Crippen molar-refractivity contribution in [3.05, 3.63) is 0 Å². The Balaban J connectivity index is 2.45. The van der Waals surface area contributed by atoms with Crippen LogP contribution in [-0.4, -0.2) is 30.3 Å². The Hall–Kier alpha value is -0.370. The van der Waals surface area contributed by atoms with Crippen LogP contribution in [0.4, 0.5) is 0 Å². The van der Waals surface area contributed by atoms with Crippen LogP contribution in [0.1, 0.15) is 33.6 Å². The van der Waals surface area contributed by atoms with E-state index >= 15 is 0 Å². The van der Waals surface area contributed by atoms with Gasteiger partial charge in [-0.3, -0.25) is 9.69 Å². The van der Waals surface area contributed by atoms with Crippen molar-refractivity contribution in [1.29, 1.82) is 0 Å². The molecule has 0 aromatic rings.